The number of amides is 3. The SMILES string of the molecule is CSc1ccc(NC(=O)N2CCN(C(=O)c3ccc(N(C)c4ccncc4)cc3)CC2)cc1. The van der Waals surface area contributed by atoms with Gasteiger partial charge in [0.05, 0.1) is 0 Å². The van der Waals surface area contributed by atoms with E-state index in [0.29, 0.717) is 31.7 Å². The fourth-order valence-electron chi connectivity index (χ4n) is 3.72. The summed E-state index contributed by atoms with van der Waals surface area (Å²) in [5.74, 6) is -0.0131. The second-order valence-electron chi connectivity index (χ2n) is 7.75. The van der Waals surface area contributed by atoms with Crippen molar-refractivity contribution in [2.24, 2.45) is 0 Å². The highest BCUT2D eigenvalue weighted by Gasteiger charge is 2.25. The molecule has 8 heteroatoms. The molecule has 33 heavy (non-hydrogen) atoms. The minimum atomic E-state index is -0.137. The highest BCUT2D eigenvalue weighted by molar-refractivity contribution is 7.98. The van der Waals surface area contributed by atoms with Gasteiger partial charge in [0.2, 0.25) is 0 Å². The van der Waals surface area contributed by atoms with E-state index >= 15 is 0 Å². The Bertz CT molecular complexity index is 1080. The molecule has 0 unspecified atom stereocenters. The molecule has 0 saturated carbocycles. The average Bonchev–Trinajstić information content (AvgIpc) is 2.89. The lowest BCUT2D eigenvalue weighted by molar-refractivity contribution is 0.0671. The zero-order valence-electron chi connectivity index (χ0n) is 18.8. The predicted octanol–water partition coefficient (Wildman–Crippen LogP) is 4.56. The third kappa shape index (κ3) is 5.46. The maximum Gasteiger partial charge on any atom is 0.321 e. The van der Waals surface area contributed by atoms with Crippen LogP contribution in [0.15, 0.2) is 78.0 Å². The Hall–Kier alpha value is -3.52. The molecule has 2 aromatic carbocycles. The van der Waals surface area contributed by atoms with E-state index in [-0.39, 0.29) is 11.9 Å². The molecular formula is C25H27N5O2S. The zero-order chi connectivity index (χ0) is 23.2. The number of carbonyl (C=O) groups is 2. The molecule has 1 aliphatic heterocycles. The molecule has 3 aromatic rings. The number of urea groups is 1. The molecule has 0 aliphatic carbocycles. The van der Waals surface area contributed by atoms with Crippen LogP contribution in [-0.2, 0) is 0 Å². The fraction of sp³-hybridized carbons (Fsp3) is 0.240. The first-order valence-corrected chi connectivity index (χ1v) is 12.0. The van der Waals surface area contributed by atoms with Crippen molar-refractivity contribution in [1.29, 1.82) is 0 Å². The second-order valence-corrected chi connectivity index (χ2v) is 8.63. The molecule has 1 aliphatic rings. The molecule has 0 spiro atoms. The van der Waals surface area contributed by atoms with Crippen molar-refractivity contribution in [2.45, 2.75) is 4.90 Å². The van der Waals surface area contributed by atoms with Crippen LogP contribution in [0.5, 0.6) is 0 Å². The van der Waals surface area contributed by atoms with Crippen molar-refractivity contribution in [2.75, 3.05) is 49.7 Å². The van der Waals surface area contributed by atoms with E-state index in [1.165, 1.54) is 0 Å². The van der Waals surface area contributed by atoms with E-state index < -0.39 is 0 Å². The summed E-state index contributed by atoms with van der Waals surface area (Å²) in [4.78, 5) is 36.3. The smallest absolute Gasteiger partial charge is 0.321 e. The van der Waals surface area contributed by atoms with Gasteiger partial charge in [-0.25, -0.2) is 4.79 Å². The molecule has 7 nitrogen and oxygen atoms in total. The summed E-state index contributed by atoms with van der Waals surface area (Å²) in [6, 6.07) is 19.1. The van der Waals surface area contributed by atoms with Crippen molar-refractivity contribution < 1.29 is 9.59 Å². The van der Waals surface area contributed by atoms with Crippen LogP contribution in [0.2, 0.25) is 0 Å². The number of aromatic nitrogens is 1. The summed E-state index contributed by atoms with van der Waals surface area (Å²) >= 11 is 1.66. The minimum absolute atomic E-state index is 0.0131. The summed E-state index contributed by atoms with van der Waals surface area (Å²) in [5, 5.41) is 2.93. The standard InChI is InChI=1S/C25H27N5O2S/c1-28(22-11-13-26-14-12-22)21-7-3-19(4-8-21)24(31)29-15-17-30(18-16-29)25(32)27-20-5-9-23(33-2)10-6-20/h3-14H,15-18H2,1-2H3,(H,27,32). The summed E-state index contributed by atoms with van der Waals surface area (Å²) in [6.07, 6.45) is 5.53. The molecule has 0 bridgehead atoms. The van der Waals surface area contributed by atoms with Crippen molar-refractivity contribution in [3.05, 3.63) is 78.6 Å². The number of hydrogen-bond acceptors (Lipinski definition) is 5. The number of anilines is 3. The van der Waals surface area contributed by atoms with Gasteiger partial charge in [-0.15, -0.1) is 11.8 Å². The van der Waals surface area contributed by atoms with Crippen molar-refractivity contribution in [3.63, 3.8) is 0 Å². The molecule has 0 radical (unpaired) electrons. The van der Waals surface area contributed by atoms with Gasteiger partial charge in [0, 0.05) is 73.1 Å². The molecule has 4 rings (SSSR count). The van der Waals surface area contributed by atoms with Crippen LogP contribution in [0.25, 0.3) is 0 Å². The first-order valence-electron chi connectivity index (χ1n) is 10.8. The number of piperazine rings is 1. The van der Waals surface area contributed by atoms with E-state index in [4.69, 9.17) is 0 Å². The number of benzene rings is 2. The lowest BCUT2D eigenvalue weighted by Gasteiger charge is -2.34. The van der Waals surface area contributed by atoms with Crippen LogP contribution >= 0.6 is 11.8 Å². The molecule has 2 heterocycles. The molecule has 1 aromatic heterocycles. The van der Waals surface area contributed by atoms with Gasteiger partial charge in [-0.2, -0.15) is 0 Å². The molecule has 0 atom stereocenters. The number of rotatable bonds is 5. The number of nitrogens with zero attached hydrogens (tertiary/aromatic N) is 4. The summed E-state index contributed by atoms with van der Waals surface area (Å²) in [6.45, 7) is 2.03. The van der Waals surface area contributed by atoms with Crippen LogP contribution in [0.3, 0.4) is 0 Å². The molecule has 1 fully saturated rings. The van der Waals surface area contributed by atoms with Gasteiger partial charge in [-0.3, -0.25) is 9.78 Å². The monoisotopic (exact) mass is 461 g/mol. The summed E-state index contributed by atoms with van der Waals surface area (Å²) in [5.41, 5.74) is 3.44. The molecule has 1 N–H and O–H groups in total. The Morgan fingerprint density at radius 3 is 2.03 bits per heavy atom. The van der Waals surface area contributed by atoms with Gasteiger partial charge >= 0.3 is 6.03 Å². The van der Waals surface area contributed by atoms with Crippen LogP contribution in [0.1, 0.15) is 10.4 Å². The van der Waals surface area contributed by atoms with Gasteiger partial charge in [0.15, 0.2) is 0 Å². The zero-order valence-corrected chi connectivity index (χ0v) is 19.6. The number of carbonyl (C=O) groups excluding carboxylic acids is 2. The Morgan fingerprint density at radius 1 is 0.848 bits per heavy atom. The van der Waals surface area contributed by atoms with E-state index in [1.807, 2.05) is 78.9 Å². The molecule has 170 valence electrons. The molecular weight excluding hydrogens is 434 g/mol. The normalized spacial score (nSPS) is 13.5. The van der Waals surface area contributed by atoms with Gasteiger partial charge in [-0.1, -0.05) is 0 Å². The highest BCUT2D eigenvalue weighted by atomic mass is 32.2. The van der Waals surface area contributed by atoms with E-state index in [2.05, 4.69) is 10.3 Å². The fourth-order valence-corrected chi connectivity index (χ4v) is 4.12. The van der Waals surface area contributed by atoms with Gasteiger partial charge in [-0.05, 0) is 66.9 Å². The van der Waals surface area contributed by atoms with E-state index in [0.717, 1.165) is 22.0 Å². The first kappa shape index (κ1) is 22.7. The third-order valence-corrected chi connectivity index (χ3v) is 6.49. The van der Waals surface area contributed by atoms with Crippen molar-refractivity contribution >= 4 is 40.8 Å². The number of pyridine rings is 1. The van der Waals surface area contributed by atoms with Crippen LogP contribution in [0, 0.1) is 0 Å². The van der Waals surface area contributed by atoms with E-state index in [1.54, 1.807) is 34.0 Å². The number of hydrogen-bond donors (Lipinski definition) is 1. The Labute approximate surface area is 198 Å². The summed E-state index contributed by atoms with van der Waals surface area (Å²) in [7, 11) is 1.98. The van der Waals surface area contributed by atoms with Crippen LogP contribution in [0.4, 0.5) is 21.9 Å². The maximum absolute atomic E-state index is 13.0. The third-order valence-electron chi connectivity index (χ3n) is 5.75. The Kier molecular flexibility index (Phi) is 7.14. The Balaban J connectivity index is 1.31. The van der Waals surface area contributed by atoms with Crippen LogP contribution < -0.4 is 10.2 Å². The quantitative estimate of drug-likeness (QED) is 0.564. The Morgan fingerprint density at radius 2 is 1.42 bits per heavy atom. The topological polar surface area (TPSA) is 68.8 Å². The van der Waals surface area contributed by atoms with Crippen molar-refractivity contribution in [1.82, 2.24) is 14.8 Å². The molecule has 3 amide bonds. The first-order chi connectivity index (χ1) is 16.0. The van der Waals surface area contributed by atoms with Crippen LogP contribution in [-0.4, -0.2) is 66.2 Å². The van der Waals surface area contributed by atoms with E-state index in [9.17, 15) is 9.59 Å². The van der Waals surface area contributed by atoms with Gasteiger partial charge in [0.1, 0.15) is 0 Å². The summed E-state index contributed by atoms with van der Waals surface area (Å²) < 4.78 is 0. The average molecular weight is 462 g/mol. The largest absolute Gasteiger partial charge is 0.345 e. The maximum atomic E-state index is 13.0. The number of thioether (sulfide) groups is 1. The number of nitrogens with one attached hydrogen (secondary N) is 1. The second kappa shape index (κ2) is 10.4. The van der Waals surface area contributed by atoms with Crippen molar-refractivity contribution in [3.8, 4) is 0 Å². The highest BCUT2D eigenvalue weighted by Crippen LogP contribution is 2.23. The molecule has 1 saturated heterocycles. The van der Waals surface area contributed by atoms with Gasteiger partial charge < -0.3 is 20.0 Å². The lowest BCUT2D eigenvalue weighted by atomic mass is 10.1. The minimum Gasteiger partial charge on any atom is -0.345 e. The predicted molar refractivity (Wildman–Crippen MR) is 133 cm³/mol. The van der Waals surface area contributed by atoms with Gasteiger partial charge in [0.25, 0.3) is 5.91 Å². The lowest BCUT2D eigenvalue weighted by Crippen LogP contribution is -2.51.